The van der Waals surface area contributed by atoms with E-state index in [2.05, 4.69) is 4.98 Å². The molecule has 1 aromatic carbocycles. The van der Waals surface area contributed by atoms with Gasteiger partial charge in [0.25, 0.3) is 0 Å². The van der Waals surface area contributed by atoms with Crippen molar-refractivity contribution in [1.82, 2.24) is 4.98 Å². The number of hydrogen-bond acceptors (Lipinski definition) is 5. The van der Waals surface area contributed by atoms with Crippen LogP contribution in [0.4, 0.5) is 9.52 Å². The normalized spacial score (nSPS) is 10.8. The average Bonchev–Trinajstić information content (AvgIpc) is 2.85. The number of ether oxygens (including phenoxy) is 1. The number of aromatic nitrogens is 1. The fourth-order valence-corrected chi connectivity index (χ4v) is 2.78. The van der Waals surface area contributed by atoms with Crippen LogP contribution in [-0.4, -0.2) is 19.1 Å². The lowest BCUT2D eigenvalue weighted by molar-refractivity contribution is 0.181. The summed E-state index contributed by atoms with van der Waals surface area (Å²) < 4.78 is 18.0. The van der Waals surface area contributed by atoms with Gasteiger partial charge in [0.2, 0.25) is 0 Å². The van der Waals surface area contributed by atoms with E-state index in [4.69, 9.17) is 10.5 Å². The number of hydrogen-bond donors (Lipinski definition) is 1. The van der Waals surface area contributed by atoms with Crippen LogP contribution in [0, 0.1) is 5.82 Å². The Morgan fingerprint density at radius 3 is 2.65 bits per heavy atom. The van der Waals surface area contributed by atoms with Crippen LogP contribution in [0.2, 0.25) is 0 Å². The van der Waals surface area contributed by atoms with Crippen LogP contribution in [0.3, 0.4) is 0 Å². The standard InChI is InChI=1S/C14H18FN3OS/c1-18(8-10-3-5-11(15)6-4-10)14-17-12(9-19-2)13(7-16)20-14/h3-6H,7-9,16H2,1-2H3. The topological polar surface area (TPSA) is 51.4 Å². The second-order valence-corrected chi connectivity index (χ2v) is 5.55. The molecule has 20 heavy (non-hydrogen) atoms. The Hall–Kier alpha value is -1.50. The molecular formula is C14H18FN3OS. The summed E-state index contributed by atoms with van der Waals surface area (Å²) in [5, 5.41) is 0.891. The molecule has 0 spiro atoms. The maximum Gasteiger partial charge on any atom is 0.185 e. The maximum atomic E-state index is 12.9. The summed E-state index contributed by atoms with van der Waals surface area (Å²) in [4.78, 5) is 7.61. The summed E-state index contributed by atoms with van der Waals surface area (Å²) in [5.41, 5.74) is 7.64. The molecule has 0 radical (unpaired) electrons. The Kier molecular flexibility index (Phi) is 5.05. The van der Waals surface area contributed by atoms with Crippen LogP contribution in [0.15, 0.2) is 24.3 Å². The van der Waals surface area contributed by atoms with Crippen molar-refractivity contribution >= 4 is 16.5 Å². The highest BCUT2D eigenvalue weighted by Crippen LogP contribution is 2.26. The highest BCUT2D eigenvalue weighted by molar-refractivity contribution is 7.15. The van der Waals surface area contributed by atoms with Crippen LogP contribution < -0.4 is 10.6 Å². The van der Waals surface area contributed by atoms with Gasteiger partial charge < -0.3 is 15.4 Å². The molecule has 0 aliphatic carbocycles. The summed E-state index contributed by atoms with van der Waals surface area (Å²) in [6.45, 7) is 1.60. The van der Waals surface area contributed by atoms with Crippen LogP contribution in [0.1, 0.15) is 16.1 Å². The molecule has 0 saturated carbocycles. The van der Waals surface area contributed by atoms with E-state index in [-0.39, 0.29) is 5.82 Å². The van der Waals surface area contributed by atoms with E-state index in [0.29, 0.717) is 19.7 Å². The molecule has 6 heteroatoms. The zero-order chi connectivity index (χ0) is 14.5. The summed E-state index contributed by atoms with van der Waals surface area (Å²) in [5.74, 6) is -0.224. The maximum absolute atomic E-state index is 12.9. The van der Waals surface area contributed by atoms with Gasteiger partial charge in [-0.1, -0.05) is 12.1 Å². The Morgan fingerprint density at radius 1 is 1.35 bits per heavy atom. The van der Waals surface area contributed by atoms with Gasteiger partial charge in [-0.3, -0.25) is 0 Å². The lowest BCUT2D eigenvalue weighted by Crippen LogP contribution is -2.16. The average molecular weight is 295 g/mol. The Labute approximate surface area is 122 Å². The van der Waals surface area contributed by atoms with Crippen molar-refractivity contribution in [2.45, 2.75) is 19.7 Å². The summed E-state index contributed by atoms with van der Waals surface area (Å²) in [6.07, 6.45) is 0. The van der Waals surface area contributed by atoms with Gasteiger partial charge in [0.05, 0.1) is 12.3 Å². The number of halogens is 1. The molecular weight excluding hydrogens is 277 g/mol. The fourth-order valence-electron chi connectivity index (χ4n) is 1.87. The first-order chi connectivity index (χ1) is 9.63. The zero-order valence-electron chi connectivity index (χ0n) is 11.6. The molecule has 0 bridgehead atoms. The van der Waals surface area contributed by atoms with Crippen molar-refractivity contribution in [2.75, 3.05) is 19.1 Å². The molecule has 0 aliphatic heterocycles. The fraction of sp³-hybridized carbons (Fsp3) is 0.357. The van der Waals surface area contributed by atoms with Crippen molar-refractivity contribution in [2.24, 2.45) is 5.73 Å². The van der Waals surface area contributed by atoms with Crippen LogP contribution in [-0.2, 0) is 24.4 Å². The van der Waals surface area contributed by atoms with Gasteiger partial charge in [-0.2, -0.15) is 0 Å². The molecule has 0 saturated heterocycles. The summed E-state index contributed by atoms with van der Waals surface area (Å²) in [7, 11) is 3.60. The lowest BCUT2D eigenvalue weighted by Gasteiger charge is -2.15. The minimum atomic E-state index is -0.224. The predicted octanol–water partition coefficient (Wildman–Crippen LogP) is 2.52. The molecule has 1 heterocycles. The molecule has 0 amide bonds. The number of methoxy groups -OCH3 is 1. The Bertz CT molecular complexity index is 556. The smallest absolute Gasteiger partial charge is 0.185 e. The number of anilines is 1. The zero-order valence-corrected chi connectivity index (χ0v) is 12.4. The molecule has 0 fully saturated rings. The lowest BCUT2D eigenvalue weighted by atomic mass is 10.2. The molecule has 2 N–H and O–H groups in total. The quantitative estimate of drug-likeness (QED) is 0.889. The van der Waals surface area contributed by atoms with Gasteiger partial charge >= 0.3 is 0 Å². The van der Waals surface area contributed by atoms with Gasteiger partial charge in [-0.15, -0.1) is 11.3 Å². The first-order valence-electron chi connectivity index (χ1n) is 6.27. The van der Waals surface area contributed by atoms with E-state index >= 15 is 0 Å². The van der Waals surface area contributed by atoms with Crippen molar-refractivity contribution < 1.29 is 9.13 Å². The predicted molar refractivity (Wildman–Crippen MR) is 79.2 cm³/mol. The second-order valence-electron chi connectivity index (χ2n) is 4.49. The van der Waals surface area contributed by atoms with E-state index in [1.165, 1.54) is 12.1 Å². The van der Waals surface area contributed by atoms with Crippen molar-refractivity contribution in [1.29, 1.82) is 0 Å². The van der Waals surface area contributed by atoms with Gasteiger partial charge in [0.15, 0.2) is 5.13 Å². The molecule has 2 aromatic rings. The van der Waals surface area contributed by atoms with Crippen LogP contribution in [0.25, 0.3) is 0 Å². The number of thiazole rings is 1. The summed E-state index contributed by atoms with van der Waals surface area (Å²) in [6, 6.07) is 6.48. The number of rotatable bonds is 6. The minimum absolute atomic E-state index is 0.224. The molecule has 2 rings (SSSR count). The SMILES string of the molecule is COCc1nc(N(C)Cc2ccc(F)cc2)sc1CN. The number of nitrogens with zero attached hydrogens (tertiary/aromatic N) is 2. The van der Waals surface area contributed by atoms with E-state index in [1.54, 1.807) is 30.6 Å². The molecule has 108 valence electrons. The number of benzene rings is 1. The van der Waals surface area contributed by atoms with Gasteiger partial charge in [-0.05, 0) is 17.7 Å². The first-order valence-corrected chi connectivity index (χ1v) is 7.09. The molecule has 0 aliphatic rings. The Balaban J connectivity index is 2.12. The van der Waals surface area contributed by atoms with Gasteiger partial charge in [0, 0.05) is 32.1 Å². The minimum Gasteiger partial charge on any atom is -0.378 e. The summed E-state index contributed by atoms with van der Waals surface area (Å²) >= 11 is 1.57. The highest BCUT2D eigenvalue weighted by Gasteiger charge is 2.13. The number of nitrogens with two attached hydrogens (primary N) is 1. The third kappa shape index (κ3) is 3.53. The van der Waals surface area contributed by atoms with E-state index in [1.807, 2.05) is 11.9 Å². The van der Waals surface area contributed by atoms with E-state index in [0.717, 1.165) is 21.3 Å². The second kappa shape index (κ2) is 6.78. The molecule has 4 nitrogen and oxygen atoms in total. The Morgan fingerprint density at radius 2 is 2.05 bits per heavy atom. The molecule has 0 atom stereocenters. The van der Waals surface area contributed by atoms with Gasteiger partial charge in [0.1, 0.15) is 5.82 Å². The van der Waals surface area contributed by atoms with Gasteiger partial charge in [-0.25, -0.2) is 9.37 Å². The molecule has 0 unspecified atom stereocenters. The van der Waals surface area contributed by atoms with Crippen molar-refractivity contribution in [3.8, 4) is 0 Å². The third-order valence-corrected chi connectivity index (χ3v) is 4.13. The van der Waals surface area contributed by atoms with Crippen molar-refractivity contribution in [3.63, 3.8) is 0 Å². The van der Waals surface area contributed by atoms with Crippen LogP contribution >= 0.6 is 11.3 Å². The molecule has 1 aromatic heterocycles. The monoisotopic (exact) mass is 295 g/mol. The van der Waals surface area contributed by atoms with Crippen molar-refractivity contribution in [3.05, 3.63) is 46.2 Å². The van der Waals surface area contributed by atoms with Crippen LogP contribution in [0.5, 0.6) is 0 Å². The highest BCUT2D eigenvalue weighted by atomic mass is 32.1. The largest absolute Gasteiger partial charge is 0.378 e. The first kappa shape index (κ1) is 14.9. The van der Waals surface area contributed by atoms with E-state index < -0.39 is 0 Å². The third-order valence-electron chi connectivity index (χ3n) is 2.89. The van der Waals surface area contributed by atoms with E-state index in [9.17, 15) is 4.39 Å².